The average molecular weight is 1450 g/mol. The van der Waals surface area contributed by atoms with E-state index in [-0.39, 0.29) is 101 Å². The summed E-state index contributed by atoms with van der Waals surface area (Å²) in [6, 6.07) is 0. The minimum absolute atomic E-state index is 0.00324. The summed E-state index contributed by atoms with van der Waals surface area (Å²) in [6.45, 7) is 50.5. The molecule has 102 heavy (non-hydrogen) atoms. The number of esters is 6. The highest BCUT2D eigenvalue weighted by atomic mass is 16.6. The molecule has 0 aliphatic carbocycles. The van der Waals surface area contributed by atoms with Crippen molar-refractivity contribution in [2.75, 3.05) is 0 Å². The number of hydrogen-bond donors (Lipinski definition) is 6. The predicted octanol–water partition coefficient (Wildman–Crippen LogP) is 16.1. The van der Waals surface area contributed by atoms with Gasteiger partial charge in [0, 0.05) is 163 Å². The average Bonchev–Trinajstić information content (AvgIpc) is 0.798. The molecule has 6 aliphatic heterocycles. The van der Waals surface area contributed by atoms with E-state index in [1.54, 1.807) is 0 Å². The zero-order valence-corrected chi connectivity index (χ0v) is 68.7. The Morgan fingerprint density at radius 1 is 0.294 bits per heavy atom. The molecule has 6 heterocycles. The van der Waals surface area contributed by atoms with E-state index < -0.39 is 56.3 Å². The van der Waals surface area contributed by atoms with Gasteiger partial charge in [0.1, 0.15) is 36.6 Å². The summed E-state index contributed by atoms with van der Waals surface area (Å²) < 4.78 is 34.5. The number of nitrogens with zero attached hydrogens (tertiary/aromatic N) is 4. The van der Waals surface area contributed by atoms with E-state index in [1.165, 1.54) is 20.3 Å². The van der Waals surface area contributed by atoms with Crippen LogP contribution >= 0.6 is 0 Å². The van der Waals surface area contributed by atoms with Crippen molar-refractivity contribution in [3.63, 3.8) is 0 Å². The number of nitrogens with one attached hydrogen (secondary N) is 2. The number of hydrogen-bond acceptors (Lipinski definition) is 22. The van der Waals surface area contributed by atoms with Gasteiger partial charge in [-0.1, -0.05) is 58.3 Å². The Bertz CT molecular complexity index is 2480. The van der Waals surface area contributed by atoms with Gasteiger partial charge in [-0.05, 0) is 198 Å². The topological polar surface area (TPSA) is 276 Å². The van der Waals surface area contributed by atoms with Gasteiger partial charge >= 0.3 is 35.8 Å². The van der Waals surface area contributed by atoms with E-state index in [0.29, 0.717) is 70.6 Å². The van der Waals surface area contributed by atoms with Crippen LogP contribution in [-0.4, -0.2) is 180 Å². The van der Waals surface area contributed by atoms with Gasteiger partial charge in [-0.3, -0.25) is 28.8 Å². The first kappa shape index (κ1) is 90.8. The Kier molecular flexibility index (Phi) is 32.5. The molecule has 0 aromatic heterocycles. The van der Waals surface area contributed by atoms with E-state index in [4.69, 9.17) is 28.4 Å². The third kappa shape index (κ3) is 29.5. The van der Waals surface area contributed by atoms with Crippen LogP contribution in [0.5, 0.6) is 0 Å². The summed E-state index contributed by atoms with van der Waals surface area (Å²) in [5.74, 6) is -1.27. The molecule has 1 atom stereocenters. The summed E-state index contributed by atoms with van der Waals surface area (Å²) in [6.07, 6.45) is 20.7. The molecule has 22 nitrogen and oxygen atoms in total. The van der Waals surface area contributed by atoms with Crippen molar-refractivity contribution in [3.05, 3.63) is 0 Å². The molecule has 6 aliphatic rings. The Morgan fingerprint density at radius 3 is 0.706 bits per heavy atom. The third-order valence-corrected chi connectivity index (χ3v) is 21.8. The summed E-state index contributed by atoms with van der Waals surface area (Å²) in [7, 11) is 0. The normalized spacial score (nSPS) is 25.0. The predicted molar refractivity (Wildman–Crippen MR) is 397 cm³/mol. The maximum Gasteiger partial charge on any atom is 0.309 e. The molecule has 6 fully saturated rings. The van der Waals surface area contributed by atoms with Crippen LogP contribution in [0.1, 0.15) is 366 Å². The quantitative estimate of drug-likeness (QED) is 0.0241. The molecule has 0 amide bonds. The second kappa shape index (κ2) is 36.5. The molecule has 594 valence electrons. The smallest absolute Gasteiger partial charge is 0.309 e. The molecule has 0 aromatic carbocycles. The Balaban J connectivity index is 0.000000326. The van der Waals surface area contributed by atoms with Gasteiger partial charge in [-0.25, -0.2) is 0 Å². The highest BCUT2D eigenvalue weighted by molar-refractivity contribution is 5.78. The van der Waals surface area contributed by atoms with Crippen LogP contribution in [-0.2, 0) is 57.2 Å². The highest BCUT2D eigenvalue weighted by Crippen LogP contribution is 2.43. The first-order valence-electron chi connectivity index (χ1n) is 39.2. The van der Waals surface area contributed by atoms with Crippen molar-refractivity contribution < 1.29 is 78.0 Å². The minimum Gasteiger partial charge on any atom is -0.462 e. The van der Waals surface area contributed by atoms with Crippen LogP contribution in [0, 0.1) is 5.92 Å². The highest BCUT2D eigenvalue weighted by Gasteiger charge is 2.51. The van der Waals surface area contributed by atoms with E-state index in [0.717, 1.165) is 109 Å². The molecule has 0 spiro atoms. The third-order valence-electron chi connectivity index (χ3n) is 21.8. The van der Waals surface area contributed by atoms with Crippen LogP contribution in [0.2, 0.25) is 0 Å². The number of unbranched alkanes of at least 4 members (excludes halogenated alkanes) is 9. The summed E-state index contributed by atoms with van der Waals surface area (Å²) in [5, 5.41) is 54.2. The lowest BCUT2D eigenvalue weighted by Gasteiger charge is -2.51. The molecule has 0 saturated carbocycles. The van der Waals surface area contributed by atoms with E-state index in [1.807, 2.05) is 111 Å². The number of hydroxylamine groups is 8. The van der Waals surface area contributed by atoms with Crippen molar-refractivity contribution >= 4 is 35.8 Å². The fourth-order valence-electron chi connectivity index (χ4n) is 18.3. The maximum absolute atomic E-state index is 12.9. The van der Waals surface area contributed by atoms with Crippen molar-refractivity contribution in [2.45, 2.75) is 469 Å². The number of carbonyl (C=O) groups is 6. The van der Waals surface area contributed by atoms with Gasteiger partial charge < -0.3 is 59.9 Å². The van der Waals surface area contributed by atoms with Gasteiger partial charge in [0.2, 0.25) is 0 Å². The second-order valence-electron chi connectivity index (χ2n) is 39.1. The first-order valence-corrected chi connectivity index (χ1v) is 39.2. The van der Waals surface area contributed by atoms with Crippen LogP contribution in [0.3, 0.4) is 0 Å². The van der Waals surface area contributed by atoms with Gasteiger partial charge in [0.25, 0.3) is 0 Å². The van der Waals surface area contributed by atoms with Crippen LogP contribution in [0.4, 0.5) is 0 Å². The second-order valence-corrected chi connectivity index (χ2v) is 39.1. The lowest BCUT2D eigenvalue weighted by molar-refractivity contribution is -0.260. The minimum atomic E-state index is -0.507. The molecule has 6 rings (SSSR count). The van der Waals surface area contributed by atoms with Crippen molar-refractivity contribution in [2.24, 2.45) is 5.92 Å². The van der Waals surface area contributed by atoms with Gasteiger partial charge in [0.05, 0.1) is 18.8 Å². The molecular weight excluding hydrogens is 1300 g/mol. The lowest BCUT2D eigenvalue weighted by Crippen LogP contribution is -2.60. The summed E-state index contributed by atoms with van der Waals surface area (Å²) in [5.41, 5.74) is -3.83. The zero-order valence-electron chi connectivity index (χ0n) is 68.7. The number of rotatable bonds is 28. The molecule has 0 aromatic rings. The number of carbonyl (C=O) groups excluding carboxylic acids is 6. The largest absolute Gasteiger partial charge is 0.462 e. The van der Waals surface area contributed by atoms with Crippen LogP contribution in [0.15, 0.2) is 0 Å². The summed E-state index contributed by atoms with van der Waals surface area (Å²) >= 11 is 0. The molecule has 0 bridgehead atoms. The van der Waals surface area contributed by atoms with E-state index >= 15 is 0 Å². The fourth-order valence-corrected chi connectivity index (χ4v) is 18.3. The molecule has 22 heteroatoms. The van der Waals surface area contributed by atoms with Gasteiger partial charge in [-0.2, -0.15) is 20.3 Å². The molecule has 1 unspecified atom stereocenters. The first-order chi connectivity index (χ1) is 46.4. The molecule has 6 N–H and O–H groups in total. The zero-order chi connectivity index (χ0) is 77.7. The van der Waals surface area contributed by atoms with Crippen molar-refractivity contribution in [3.8, 4) is 0 Å². The Morgan fingerprint density at radius 2 is 0.480 bits per heavy atom. The van der Waals surface area contributed by atoms with Crippen LogP contribution < -0.4 is 10.6 Å². The fraction of sp³-hybridized carbons (Fsp3) is 0.925. The van der Waals surface area contributed by atoms with Crippen molar-refractivity contribution in [1.82, 2.24) is 30.9 Å². The van der Waals surface area contributed by atoms with E-state index in [2.05, 4.69) is 72.9 Å². The molecular formula is C80H148N6O16. The van der Waals surface area contributed by atoms with Gasteiger partial charge in [-0.15, -0.1) is 0 Å². The number of ether oxygens (including phenoxy) is 6. The molecule has 0 radical (unpaired) electrons. The summed E-state index contributed by atoms with van der Waals surface area (Å²) in [4.78, 5) is 74.5. The standard InChI is InChI=1S/C30H56N2O4.C28H52N2O6.C22H40N2O6/c1-10-22(26(34)36-24-20-29(6,7)32-30(8,9)21-24)16-14-12-11-13-15-17-25(33)35-23-18-27(2,3)31-28(4,5)19-23;1-25(2)17-21(18-26(3,4)29(25)33)35-23(31)15-13-11-9-10-12-14-16-24(32)36-22-19-27(5,6)30(34)28(7,8)20-22;1-19(2)11-15(12-20(3,4)23(19)27)29-17(25)9-10-18(26)30-16-13-21(5,6)24(28)22(7,8)14-16/h22-24,31-32H,10-21H2,1-9H3;21-22,33-34H,9-20H2,1-8H3;15-16,27-28H,9-14H2,1-8H3. The van der Waals surface area contributed by atoms with Gasteiger partial charge in [0.15, 0.2) is 0 Å². The Labute approximate surface area is 616 Å². The van der Waals surface area contributed by atoms with E-state index in [9.17, 15) is 49.6 Å². The monoisotopic (exact) mass is 1450 g/mol. The maximum atomic E-state index is 12.9. The van der Waals surface area contributed by atoms with Crippen LogP contribution in [0.25, 0.3) is 0 Å². The molecule has 6 saturated heterocycles. The van der Waals surface area contributed by atoms with Crippen molar-refractivity contribution in [1.29, 1.82) is 0 Å². The lowest BCUT2D eigenvalue weighted by atomic mass is 9.80. The SMILES string of the molecule is CC1(C)CC(OC(=O)CCC(=O)OC2CC(C)(C)N(O)C(C)(C)C2)CC(C)(C)N1O.CC1(C)CC(OC(=O)CCCCCCCCC(=O)OC2CC(C)(C)N(O)C(C)(C)C2)CC(C)(C)N1O.CCC(CCCCCCCC(=O)OC1CC(C)(C)NC(C)(C)C1)C(=O)OC1CC(C)(C)NC(C)(C)C1. The number of piperidine rings is 6. The Hall–Kier alpha value is -3.58.